The van der Waals surface area contributed by atoms with Crippen LogP contribution in [-0.2, 0) is 0 Å². The Kier molecular flexibility index (Phi) is 3.05. The van der Waals surface area contributed by atoms with Crippen molar-refractivity contribution in [3.63, 3.8) is 0 Å². The van der Waals surface area contributed by atoms with Gasteiger partial charge in [-0.3, -0.25) is 9.59 Å². The SMILES string of the molecule is O=c1cccc(-c2ccc(-c3cccc(=O)[nH]3)cc2)[nH]1. The lowest BCUT2D eigenvalue weighted by atomic mass is 10.1. The lowest BCUT2D eigenvalue weighted by Crippen LogP contribution is -2.04. The summed E-state index contributed by atoms with van der Waals surface area (Å²) in [5.74, 6) is 0. The maximum atomic E-state index is 11.3. The van der Waals surface area contributed by atoms with Crippen LogP contribution < -0.4 is 11.1 Å². The van der Waals surface area contributed by atoms with Gasteiger partial charge in [-0.05, 0) is 23.3 Å². The Morgan fingerprint density at radius 1 is 0.550 bits per heavy atom. The van der Waals surface area contributed by atoms with Crippen LogP contribution in [0.15, 0.2) is 70.3 Å². The van der Waals surface area contributed by atoms with Gasteiger partial charge in [0.1, 0.15) is 0 Å². The van der Waals surface area contributed by atoms with E-state index in [0.717, 1.165) is 22.5 Å². The highest BCUT2D eigenvalue weighted by molar-refractivity contribution is 5.66. The molecule has 0 atom stereocenters. The van der Waals surface area contributed by atoms with Crippen LogP contribution in [-0.4, -0.2) is 9.97 Å². The first-order valence-corrected chi connectivity index (χ1v) is 6.22. The van der Waals surface area contributed by atoms with Crippen molar-refractivity contribution in [2.75, 3.05) is 0 Å². The molecule has 0 saturated carbocycles. The van der Waals surface area contributed by atoms with Crippen LogP contribution in [0.1, 0.15) is 0 Å². The molecule has 0 unspecified atom stereocenters. The zero-order valence-corrected chi connectivity index (χ0v) is 10.6. The Balaban J connectivity index is 2.00. The smallest absolute Gasteiger partial charge is 0.248 e. The summed E-state index contributed by atoms with van der Waals surface area (Å²) < 4.78 is 0. The summed E-state index contributed by atoms with van der Waals surface area (Å²) >= 11 is 0. The Morgan fingerprint density at radius 2 is 0.950 bits per heavy atom. The first kappa shape index (κ1) is 12.2. The molecule has 4 nitrogen and oxygen atoms in total. The molecule has 0 bridgehead atoms. The number of aromatic nitrogens is 2. The molecule has 0 fully saturated rings. The molecule has 0 aliphatic carbocycles. The minimum Gasteiger partial charge on any atom is -0.322 e. The van der Waals surface area contributed by atoms with Gasteiger partial charge in [-0.15, -0.1) is 0 Å². The molecule has 3 aromatic rings. The van der Waals surface area contributed by atoms with Crippen molar-refractivity contribution in [3.8, 4) is 22.5 Å². The minimum atomic E-state index is -0.126. The highest BCUT2D eigenvalue weighted by Crippen LogP contribution is 2.21. The van der Waals surface area contributed by atoms with Crippen molar-refractivity contribution < 1.29 is 0 Å². The van der Waals surface area contributed by atoms with Gasteiger partial charge in [-0.25, -0.2) is 0 Å². The van der Waals surface area contributed by atoms with Crippen LogP contribution in [0.3, 0.4) is 0 Å². The van der Waals surface area contributed by atoms with Crippen LogP contribution in [0.4, 0.5) is 0 Å². The van der Waals surface area contributed by atoms with E-state index in [2.05, 4.69) is 9.97 Å². The third-order valence-corrected chi connectivity index (χ3v) is 3.04. The molecule has 20 heavy (non-hydrogen) atoms. The standard InChI is InChI=1S/C16H12N2O2/c19-15-5-1-3-13(17-15)11-7-9-12(10-8-11)14-4-2-6-16(20)18-14/h1-10H,(H,17,19)(H,18,20). The number of aromatic amines is 2. The zero-order chi connectivity index (χ0) is 13.9. The van der Waals surface area contributed by atoms with Gasteiger partial charge in [0.05, 0.1) is 0 Å². The summed E-state index contributed by atoms with van der Waals surface area (Å²) in [5.41, 5.74) is 3.13. The summed E-state index contributed by atoms with van der Waals surface area (Å²) in [6.07, 6.45) is 0. The van der Waals surface area contributed by atoms with Gasteiger partial charge in [0, 0.05) is 23.5 Å². The molecule has 2 N–H and O–H groups in total. The topological polar surface area (TPSA) is 65.7 Å². The maximum absolute atomic E-state index is 11.3. The second-order valence-corrected chi connectivity index (χ2v) is 4.43. The summed E-state index contributed by atoms with van der Waals surface area (Å²) in [6.45, 7) is 0. The number of rotatable bonds is 2. The van der Waals surface area contributed by atoms with Gasteiger partial charge in [0.2, 0.25) is 11.1 Å². The molecule has 0 radical (unpaired) electrons. The van der Waals surface area contributed by atoms with E-state index in [4.69, 9.17) is 0 Å². The number of nitrogens with one attached hydrogen (secondary N) is 2. The van der Waals surface area contributed by atoms with Gasteiger partial charge in [0.15, 0.2) is 0 Å². The predicted molar refractivity (Wildman–Crippen MR) is 78.6 cm³/mol. The molecule has 2 heterocycles. The van der Waals surface area contributed by atoms with Crippen molar-refractivity contribution in [2.45, 2.75) is 0 Å². The average molecular weight is 264 g/mol. The van der Waals surface area contributed by atoms with E-state index in [1.54, 1.807) is 12.1 Å². The van der Waals surface area contributed by atoms with Crippen LogP contribution in [0, 0.1) is 0 Å². The highest BCUT2D eigenvalue weighted by atomic mass is 16.1. The molecule has 0 aliphatic rings. The highest BCUT2D eigenvalue weighted by Gasteiger charge is 2.01. The Labute approximate surface area is 114 Å². The Hall–Kier alpha value is -2.88. The Morgan fingerprint density at radius 3 is 1.30 bits per heavy atom. The fraction of sp³-hybridized carbons (Fsp3) is 0. The van der Waals surface area contributed by atoms with E-state index in [1.807, 2.05) is 36.4 Å². The fourth-order valence-electron chi connectivity index (χ4n) is 2.06. The van der Waals surface area contributed by atoms with Crippen molar-refractivity contribution >= 4 is 0 Å². The van der Waals surface area contributed by atoms with Gasteiger partial charge in [-0.1, -0.05) is 36.4 Å². The number of hydrogen-bond donors (Lipinski definition) is 2. The molecular formula is C16H12N2O2. The van der Waals surface area contributed by atoms with Gasteiger partial charge in [0.25, 0.3) is 0 Å². The van der Waals surface area contributed by atoms with Crippen LogP contribution in [0.25, 0.3) is 22.5 Å². The third-order valence-electron chi connectivity index (χ3n) is 3.04. The second-order valence-electron chi connectivity index (χ2n) is 4.43. The quantitative estimate of drug-likeness (QED) is 0.746. The summed E-state index contributed by atoms with van der Waals surface area (Å²) in [4.78, 5) is 28.1. The van der Waals surface area contributed by atoms with Crippen molar-refractivity contribution in [1.82, 2.24) is 9.97 Å². The first-order valence-electron chi connectivity index (χ1n) is 6.22. The van der Waals surface area contributed by atoms with Crippen molar-refractivity contribution in [2.24, 2.45) is 0 Å². The largest absolute Gasteiger partial charge is 0.322 e. The molecule has 0 aliphatic heterocycles. The molecule has 1 aromatic carbocycles. The minimum absolute atomic E-state index is 0.126. The van der Waals surface area contributed by atoms with E-state index in [0.29, 0.717) is 0 Å². The van der Waals surface area contributed by atoms with Crippen molar-refractivity contribution in [3.05, 3.63) is 81.4 Å². The Bertz CT molecular complexity index is 772. The summed E-state index contributed by atoms with van der Waals surface area (Å²) in [5, 5.41) is 0. The monoisotopic (exact) mass is 264 g/mol. The average Bonchev–Trinajstić information content (AvgIpc) is 2.47. The summed E-state index contributed by atoms with van der Waals surface area (Å²) in [7, 11) is 0. The van der Waals surface area contributed by atoms with E-state index in [1.165, 1.54) is 12.1 Å². The molecule has 2 aromatic heterocycles. The number of benzene rings is 1. The van der Waals surface area contributed by atoms with Crippen LogP contribution in [0.5, 0.6) is 0 Å². The fourth-order valence-corrected chi connectivity index (χ4v) is 2.06. The second kappa shape index (κ2) is 5.01. The van der Waals surface area contributed by atoms with Gasteiger partial charge >= 0.3 is 0 Å². The molecule has 0 amide bonds. The summed E-state index contributed by atoms with van der Waals surface area (Å²) in [6, 6.07) is 17.7. The third kappa shape index (κ3) is 2.44. The van der Waals surface area contributed by atoms with Gasteiger partial charge < -0.3 is 9.97 Å². The molecular weight excluding hydrogens is 252 g/mol. The lowest BCUT2D eigenvalue weighted by Gasteiger charge is -2.04. The lowest BCUT2D eigenvalue weighted by molar-refractivity contribution is 1.23. The van der Waals surface area contributed by atoms with E-state index < -0.39 is 0 Å². The zero-order valence-electron chi connectivity index (χ0n) is 10.6. The molecule has 3 rings (SSSR count). The van der Waals surface area contributed by atoms with E-state index >= 15 is 0 Å². The predicted octanol–water partition coefficient (Wildman–Crippen LogP) is 2.40. The normalized spacial score (nSPS) is 10.4. The van der Waals surface area contributed by atoms with Crippen LogP contribution >= 0.6 is 0 Å². The van der Waals surface area contributed by atoms with E-state index in [9.17, 15) is 9.59 Å². The van der Waals surface area contributed by atoms with Crippen LogP contribution in [0.2, 0.25) is 0 Å². The molecule has 4 heteroatoms. The number of hydrogen-bond acceptors (Lipinski definition) is 2. The van der Waals surface area contributed by atoms with Gasteiger partial charge in [-0.2, -0.15) is 0 Å². The first-order chi connectivity index (χ1) is 9.72. The maximum Gasteiger partial charge on any atom is 0.248 e. The van der Waals surface area contributed by atoms with E-state index in [-0.39, 0.29) is 11.1 Å². The molecule has 0 spiro atoms. The molecule has 98 valence electrons. The number of pyridine rings is 2. The van der Waals surface area contributed by atoms with Crippen molar-refractivity contribution in [1.29, 1.82) is 0 Å². The molecule has 0 saturated heterocycles. The number of H-pyrrole nitrogens is 2.